The quantitative estimate of drug-likeness (QED) is 0.600. The molecule has 0 bridgehead atoms. The second kappa shape index (κ2) is 3.27. The lowest BCUT2D eigenvalue weighted by molar-refractivity contribution is 0.246. The molecule has 0 aromatic carbocycles. The third-order valence-corrected chi connectivity index (χ3v) is 4.46. The van der Waals surface area contributed by atoms with Gasteiger partial charge in [-0.3, -0.25) is 0 Å². The SMILES string of the molecule is CC(C)C1CC2CN(C)CC2C1C. The minimum atomic E-state index is 0.894. The Morgan fingerprint density at radius 1 is 1.23 bits per heavy atom. The fourth-order valence-corrected chi connectivity index (χ4v) is 3.73. The number of nitrogens with zero attached hydrogens (tertiary/aromatic N) is 1. The normalized spacial score (nSPS) is 45.9. The molecule has 0 aromatic heterocycles. The van der Waals surface area contributed by atoms with Crippen molar-refractivity contribution in [3.63, 3.8) is 0 Å². The van der Waals surface area contributed by atoms with Gasteiger partial charge in [0.15, 0.2) is 0 Å². The maximum absolute atomic E-state index is 2.52. The van der Waals surface area contributed by atoms with Crippen LogP contribution in [-0.4, -0.2) is 25.0 Å². The Morgan fingerprint density at radius 3 is 2.46 bits per heavy atom. The molecule has 0 spiro atoms. The van der Waals surface area contributed by atoms with Gasteiger partial charge in [0.25, 0.3) is 0 Å². The first-order valence-corrected chi connectivity index (χ1v) is 5.78. The fourth-order valence-electron chi connectivity index (χ4n) is 3.73. The molecule has 0 N–H and O–H groups in total. The highest BCUT2D eigenvalue weighted by molar-refractivity contribution is 4.95. The Bertz CT molecular complexity index is 188. The van der Waals surface area contributed by atoms with E-state index < -0.39 is 0 Å². The van der Waals surface area contributed by atoms with Crippen LogP contribution in [0, 0.1) is 29.6 Å². The van der Waals surface area contributed by atoms with Crippen LogP contribution in [0.15, 0.2) is 0 Å². The first kappa shape index (κ1) is 9.51. The molecule has 2 fully saturated rings. The van der Waals surface area contributed by atoms with Gasteiger partial charge in [-0.1, -0.05) is 20.8 Å². The molecule has 1 heterocycles. The zero-order valence-corrected chi connectivity index (χ0v) is 9.46. The minimum absolute atomic E-state index is 0.894. The van der Waals surface area contributed by atoms with Crippen molar-refractivity contribution < 1.29 is 0 Å². The van der Waals surface area contributed by atoms with Crippen LogP contribution in [0.25, 0.3) is 0 Å². The lowest BCUT2D eigenvalue weighted by atomic mass is 9.84. The first-order chi connectivity index (χ1) is 6.09. The lowest BCUT2D eigenvalue weighted by Crippen LogP contribution is -2.22. The van der Waals surface area contributed by atoms with Gasteiger partial charge in [-0.05, 0) is 43.1 Å². The van der Waals surface area contributed by atoms with Crippen molar-refractivity contribution >= 4 is 0 Å². The topological polar surface area (TPSA) is 3.24 Å². The highest BCUT2D eigenvalue weighted by Gasteiger charge is 2.45. The van der Waals surface area contributed by atoms with E-state index in [2.05, 4.69) is 32.7 Å². The highest BCUT2D eigenvalue weighted by Crippen LogP contribution is 2.47. The van der Waals surface area contributed by atoms with Crippen LogP contribution in [0.5, 0.6) is 0 Å². The molecule has 4 atom stereocenters. The lowest BCUT2D eigenvalue weighted by Gasteiger charge is -2.24. The fraction of sp³-hybridized carbons (Fsp3) is 1.00. The van der Waals surface area contributed by atoms with E-state index in [-0.39, 0.29) is 0 Å². The smallest absolute Gasteiger partial charge is 0.00125 e. The average Bonchev–Trinajstić information content (AvgIpc) is 2.51. The molecule has 76 valence electrons. The summed E-state index contributed by atoms with van der Waals surface area (Å²) in [5, 5.41) is 0. The van der Waals surface area contributed by atoms with Crippen molar-refractivity contribution in [3.8, 4) is 0 Å². The summed E-state index contributed by atoms with van der Waals surface area (Å²) in [4.78, 5) is 2.52. The molecule has 0 radical (unpaired) electrons. The summed E-state index contributed by atoms with van der Waals surface area (Å²) in [6.45, 7) is 9.99. The number of rotatable bonds is 1. The summed E-state index contributed by atoms with van der Waals surface area (Å²) in [7, 11) is 2.27. The number of fused-ring (bicyclic) bond motifs is 1. The Morgan fingerprint density at radius 2 is 1.92 bits per heavy atom. The van der Waals surface area contributed by atoms with Crippen LogP contribution in [0.3, 0.4) is 0 Å². The summed E-state index contributed by atoms with van der Waals surface area (Å²) in [5.74, 6) is 4.90. The van der Waals surface area contributed by atoms with Gasteiger partial charge in [0.2, 0.25) is 0 Å². The zero-order chi connectivity index (χ0) is 9.59. The molecule has 0 amide bonds. The zero-order valence-electron chi connectivity index (χ0n) is 9.46. The molecule has 2 aliphatic rings. The predicted octanol–water partition coefficient (Wildman–Crippen LogP) is 2.48. The standard InChI is InChI=1S/C12H23N/c1-8(2)11-5-10-6-13(4)7-12(10)9(11)3/h8-12H,5-7H2,1-4H3. The van der Waals surface area contributed by atoms with E-state index in [1.165, 1.54) is 19.5 Å². The third-order valence-electron chi connectivity index (χ3n) is 4.46. The van der Waals surface area contributed by atoms with Crippen molar-refractivity contribution in [2.75, 3.05) is 20.1 Å². The maximum atomic E-state index is 2.52. The van der Waals surface area contributed by atoms with Crippen LogP contribution in [0.4, 0.5) is 0 Å². The van der Waals surface area contributed by atoms with E-state index in [0.29, 0.717) is 0 Å². The van der Waals surface area contributed by atoms with Crippen molar-refractivity contribution in [3.05, 3.63) is 0 Å². The molecule has 1 heteroatoms. The number of hydrogen-bond acceptors (Lipinski definition) is 1. The summed E-state index contributed by atoms with van der Waals surface area (Å²) in [6, 6.07) is 0. The molecule has 4 unspecified atom stereocenters. The van der Waals surface area contributed by atoms with E-state index in [1.54, 1.807) is 0 Å². The van der Waals surface area contributed by atoms with Crippen molar-refractivity contribution in [2.45, 2.75) is 27.2 Å². The van der Waals surface area contributed by atoms with Gasteiger partial charge in [-0.15, -0.1) is 0 Å². The molecule has 2 rings (SSSR count). The third kappa shape index (κ3) is 1.52. The summed E-state index contributed by atoms with van der Waals surface area (Å²) >= 11 is 0. The van der Waals surface area contributed by atoms with E-state index in [1.807, 2.05) is 0 Å². The van der Waals surface area contributed by atoms with Gasteiger partial charge < -0.3 is 4.90 Å². The van der Waals surface area contributed by atoms with Gasteiger partial charge >= 0.3 is 0 Å². The molecule has 1 saturated heterocycles. The van der Waals surface area contributed by atoms with Gasteiger partial charge in [0.1, 0.15) is 0 Å². The Labute approximate surface area is 82.5 Å². The largest absolute Gasteiger partial charge is 0.306 e. The summed E-state index contributed by atoms with van der Waals surface area (Å²) < 4.78 is 0. The average molecular weight is 181 g/mol. The summed E-state index contributed by atoms with van der Waals surface area (Å²) in [5.41, 5.74) is 0. The van der Waals surface area contributed by atoms with E-state index in [9.17, 15) is 0 Å². The van der Waals surface area contributed by atoms with Gasteiger partial charge in [0, 0.05) is 13.1 Å². The molecule has 1 aliphatic carbocycles. The molecular weight excluding hydrogens is 158 g/mol. The number of hydrogen-bond donors (Lipinski definition) is 0. The van der Waals surface area contributed by atoms with Crippen molar-refractivity contribution in [1.82, 2.24) is 4.90 Å². The van der Waals surface area contributed by atoms with Gasteiger partial charge in [-0.25, -0.2) is 0 Å². The second-order valence-electron chi connectivity index (χ2n) is 5.65. The maximum Gasteiger partial charge on any atom is 0.00125 e. The van der Waals surface area contributed by atoms with E-state index in [0.717, 1.165) is 29.6 Å². The Balaban J connectivity index is 2.04. The molecule has 13 heavy (non-hydrogen) atoms. The van der Waals surface area contributed by atoms with Crippen LogP contribution in [0.1, 0.15) is 27.2 Å². The summed E-state index contributed by atoms with van der Waals surface area (Å²) in [6.07, 6.45) is 1.49. The van der Waals surface area contributed by atoms with Crippen molar-refractivity contribution in [1.29, 1.82) is 0 Å². The number of likely N-dealkylation sites (tertiary alicyclic amines) is 1. The molecule has 1 nitrogen and oxygen atoms in total. The van der Waals surface area contributed by atoms with Crippen LogP contribution < -0.4 is 0 Å². The van der Waals surface area contributed by atoms with Crippen LogP contribution in [-0.2, 0) is 0 Å². The Kier molecular flexibility index (Phi) is 2.39. The molecule has 0 aromatic rings. The monoisotopic (exact) mass is 181 g/mol. The van der Waals surface area contributed by atoms with E-state index in [4.69, 9.17) is 0 Å². The first-order valence-electron chi connectivity index (χ1n) is 5.78. The van der Waals surface area contributed by atoms with Gasteiger partial charge in [0.05, 0.1) is 0 Å². The second-order valence-corrected chi connectivity index (χ2v) is 5.65. The van der Waals surface area contributed by atoms with Crippen LogP contribution >= 0.6 is 0 Å². The predicted molar refractivity (Wildman–Crippen MR) is 56.6 cm³/mol. The van der Waals surface area contributed by atoms with Crippen LogP contribution in [0.2, 0.25) is 0 Å². The molecular formula is C12H23N. The minimum Gasteiger partial charge on any atom is -0.306 e. The van der Waals surface area contributed by atoms with Gasteiger partial charge in [-0.2, -0.15) is 0 Å². The molecule has 1 aliphatic heterocycles. The Hall–Kier alpha value is -0.0400. The highest BCUT2D eigenvalue weighted by atomic mass is 15.1. The van der Waals surface area contributed by atoms with E-state index >= 15 is 0 Å². The van der Waals surface area contributed by atoms with Crippen molar-refractivity contribution in [2.24, 2.45) is 29.6 Å². The molecule has 1 saturated carbocycles.